The van der Waals surface area contributed by atoms with Gasteiger partial charge in [-0.15, -0.1) is 0 Å². The summed E-state index contributed by atoms with van der Waals surface area (Å²) in [5, 5.41) is 44.8. The summed E-state index contributed by atoms with van der Waals surface area (Å²) >= 11 is 0. The fraction of sp³-hybridized carbons (Fsp3) is 0.800. The van der Waals surface area contributed by atoms with Crippen molar-refractivity contribution in [2.24, 2.45) is 17.2 Å². The molecule has 242 valence electrons. The first-order chi connectivity index (χ1) is 19.6. The van der Waals surface area contributed by atoms with Crippen molar-refractivity contribution >= 4 is 29.6 Å². The van der Waals surface area contributed by atoms with Crippen molar-refractivity contribution in [3.05, 3.63) is 0 Å². The Hall–Kier alpha value is -2.93. The van der Waals surface area contributed by atoms with Gasteiger partial charge in [-0.3, -0.25) is 19.2 Å². The second-order valence-electron chi connectivity index (χ2n) is 10.4. The molecule has 0 spiro atoms. The lowest BCUT2D eigenvalue weighted by Gasteiger charge is -2.44. The molecule has 1 aliphatic rings. The quantitative estimate of drug-likeness (QED) is 0.0670. The number of rotatable bonds is 18. The van der Waals surface area contributed by atoms with E-state index >= 15 is 0 Å². The second-order valence-corrected chi connectivity index (χ2v) is 10.4. The summed E-state index contributed by atoms with van der Waals surface area (Å²) in [6.45, 7) is 3.42. The molecule has 0 aliphatic carbocycles. The summed E-state index contributed by atoms with van der Waals surface area (Å²) in [6, 6.07) is -4.84. The van der Waals surface area contributed by atoms with E-state index in [0.717, 1.165) is 4.90 Å². The smallest absolute Gasteiger partial charge is 0.326 e. The Kier molecular flexibility index (Phi) is 15.8. The van der Waals surface area contributed by atoms with Crippen molar-refractivity contribution in [3.63, 3.8) is 0 Å². The molecule has 12 N–H and O–H groups in total. The number of aliphatic carboxylic acids is 1. The van der Waals surface area contributed by atoms with Crippen LogP contribution in [0.5, 0.6) is 0 Å². The summed E-state index contributed by atoms with van der Waals surface area (Å²) in [7, 11) is 0. The van der Waals surface area contributed by atoms with Gasteiger partial charge in [0.25, 0.3) is 0 Å². The van der Waals surface area contributed by atoms with E-state index in [4.69, 9.17) is 26.7 Å². The first-order valence-corrected chi connectivity index (χ1v) is 13.8. The molecule has 4 amide bonds. The number of aliphatic hydroxyl groups is 3. The third-order valence-electron chi connectivity index (χ3n) is 6.69. The van der Waals surface area contributed by atoms with Gasteiger partial charge in [0.2, 0.25) is 23.6 Å². The number of nitrogens with zero attached hydrogens (tertiary/aromatic N) is 1. The summed E-state index contributed by atoms with van der Waals surface area (Å²) in [5.74, 6) is -4.14. The first-order valence-electron chi connectivity index (χ1n) is 13.8. The largest absolute Gasteiger partial charge is 0.480 e. The molecular formula is C25H46N6O11. The van der Waals surface area contributed by atoms with Gasteiger partial charge in [0.05, 0.1) is 18.8 Å². The number of amides is 4. The topological polar surface area (TPSA) is 290 Å². The molecule has 1 rings (SSSR count). The minimum absolute atomic E-state index is 0.158. The molecule has 0 radical (unpaired) electrons. The lowest BCUT2D eigenvalue weighted by molar-refractivity contribution is -0.268. The van der Waals surface area contributed by atoms with E-state index in [1.807, 2.05) is 0 Å². The van der Waals surface area contributed by atoms with E-state index in [2.05, 4.69) is 10.6 Å². The average Bonchev–Trinajstić information content (AvgIpc) is 2.90. The monoisotopic (exact) mass is 606 g/mol. The Balaban J connectivity index is 3.09. The molecule has 1 aliphatic heterocycles. The summed E-state index contributed by atoms with van der Waals surface area (Å²) in [4.78, 5) is 62.3. The van der Waals surface area contributed by atoms with Crippen molar-refractivity contribution in [2.45, 2.75) is 108 Å². The van der Waals surface area contributed by atoms with E-state index in [1.165, 1.54) is 20.8 Å². The zero-order chi connectivity index (χ0) is 32.1. The van der Waals surface area contributed by atoms with Crippen LogP contribution in [0.15, 0.2) is 0 Å². The van der Waals surface area contributed by atoms with Crippen LogP contribution in [0, 0.1) is 0 Å². The van der Waals surface area contributed by atoms with Crippen molar-refractivity contribution in [1.82, 2.24) is 15.5 Å². The van der Waals surface area contributed by atoms with Crippen LogP contribution in [0.4, 0.5) is 0 Å². The molecule has 9 atom stereocenters. The van der Waals surface area contributed by atoms with E-state index in [9.17, 15) is 44.4 Å². The standard InChI is InChI=1S/C25H46N6O11/c1-12(41-21-19(29-14(3)33)25(40)42-17(11-32)20(21)35)10-31(23(37)13(2)27)16(22(28)36)7-8-18(34)30-15(24(38)39)6-4-5-9-26/h12-13,15-17,19-21,25,32,35,40H,4-11,26-27H2,1-3H3,(H2,28,36)(H,29,33)(H,30,34)(H,38,39)/t12?,13-,15-,16+,17+,19+,20+,21+,25-/m0/s1. The Morgan fingerprint density at radius 3 is 2.24 bits per heavy atom. The van der Waals surface area contributed by atoms with Gasteiger partial charge in [-0.2, -0.15) is 0 Å². The van der Waals surface area contributed by atoms with Gasteiger partial charge in [0.15, 0.2) is 6.29 Å². The molecule has 17 heteroatoms. The number of carboxylic acids is 1. The lowest BCUT2D eigenvalue weighted by Crippen LogP contribution is -2.65. The van der Waals surface area contributed by atoms with Crippen LogP contribution < -0.4 is 27.8 Å². The van der Waals surface area contributed by atoms with Crippen LogP contribution in [0.3, 0.4) is 0 Å². The molecule has 1 unspecified atom stereocenters. The molecule has 0 saturated carbocycles. The SMILES string of the molecule is CC(=O)N[C@@H]1[C@@H](OC(C)CN(C(=O)[C@H](C)N)[C@H](CCC(=O)N[C@@H](CCCCN)C(=O)O)C(N)=O)[C@H](O)[C@@H](CO)O[C@@H]1O. The second kappa shape index (κ2) is 17.9. The van der Waals surface area contributed by atoms with Crippen LogP contribution >= 0.6 is 0 Å². The molecular weight excluding hydrogens is 560 g/mol. The molecule has 1 saturated heterocycles. The predicted octanol–water partition coefficient (Wildman–Crippen LogP) is -4.16. The Bertz CT molecular complexity index is 923. The number of hydrogen-bond donors (Lipinski definition) is 9. The van der Waals surface area contributed by atoms with Crippen molar-refractivity contribution in [3.8, 4) is 0 Å². The molecule has 0 aromatic carbocycles. The van der Waals surface area contributed by atoms with Crippen molar-refractivity contribution in [2.75, 3.05) is 19.7 Å². The van der Waals surface area contributed by atoms with Crippen LogP contribution in [0.1, 0.15) is 52.9 Å². The highest BCUT2D eigenvalue weighted by molar-refractivity contribution is 5.89. The van der Waals surface area contributed by atoms with Gasteiger partial charge in [-0.1, -0.05) is 0 Å². The Morgan fingerprint density at radius 1 is 1.10 bits per heavy atom. The van der Waals surface area contributed by atoms with Crippen LogP contribution in [-0.2, 0) is 33.4 Å². The zero-order valence-electron chi connectivity index (χ0n) is 24.2. The van der Waals surface area contributed by atoms with Gasteiger partial charge in [0.1, 0.15) is 36.4 Å². The van der Waals surface area contributed by atoms with E-state index < -0.39 is 91.1 Å². The van der Waals surface area contributed by atoms with Gasteiger partial charge >= 0.3 is 5.97 Å². The summed E-state index contributed by atoms with van der Waals surface area (Å²) in [5.41, 5.74) is 16.8. The van der Waals surface area contributed by atoms with Gasteiger partial charge in [-0.25, -0.2) is 4.79 Å². The first kappa shape index (κ1) is 37.1. The predicted molar refractivity (Wildman–Crippen MR) is 146 cm³/mol. The zero-order valence-corrected chi connectivity index (χ0v) is 24.2. The fourth-order valence-electron chi connectivity index (χ4n) is 4.59. The van der Waals surface area contributed by atoms with E-state index in [1.54, 1.807) is 0 Å². The van der Waals surface area contributed by atoms with E-state index in [-0.39, 0.29) is 25.8 Å². The molecule has 0 aromatic rings. The third-order valence-corrected chi connectivity index (χ3v) is 6.69. The Labute approximate surface area is 244 Å². The van der Waals surface area contributed by atoms with Crippen LogP contribution in [-0.4, -0.2) is 129 Å². The van der Waals surface area contributed by atoms with E-state index in [0.29, 0.717) is 19.4 Å². The minimum atomic E-state index is -1.64. The number of ether oxygens (including phenoxy) is 2. The van der Waals surface area contributed by atoms with Gasteiger partial charge in [-0.05, 0) is 46.1 Å². The molecule has 42 heavy (non-hydrogen) atoms. The van der Waals surface area contributed by atoms with Crippen molar-refractivity contribution in [1.29, 1.82) is 0 Å². The van der Waals surface area contributed by atoms with Crippen LogP contribution in [0.25, 0.3) is 0 Å². The maximum Gasteiger partial charge on any atom is 0.326 e. The number of nitrogens with two attached hydrogens (primary N) is 3. The number of carboxylic acid groups (broad SMARTS) is 1. The average molecular weight is 607 g/mol. The molecule has 1 heterocycles. The number of carbonyl (C=O) groups is 5. The highest BCUT2D eigenvalue weighted by Crippen LogP contribution is 2.24. The van der Waals surface area contributed by atoms with Gasteiger partial charge in [0, 0.05) is 19.9 Å². The lowest BCUT2D eigenvalue weighted by atomic mass is 9.96. The number of hydrogen-bond acceptors (Lipinski definition) is 12. The number of aliphatic hydroxyl groups excluding tert-OH is 3. The summed E-state index contributed by atoms with van der Waals surface area (Å²) < 4.78 is 11.1. The van der Waals surface area contributed by atoms with Crippen molar-refractivity contribution < 1.29 is 53.9 Å². The Morgan fingerprint density at radius 2 is 1.74 bits per heavy atom. The highest BCUT2D eigenvalue weighted by Gasteiger charge is 2.46. The third kappa shape index (κ3) is 11.4. The molecule has 0 aromatic heterocycles. The fourth-order valence-corrected chi connectivity index (χ4v) is 4.59. The number of carbonyl (C=O) groups excluding carboxylic acids is 4. The van der Waals surface area contributed by atoms with Gasteiger partial charge < -0.3 is 62.6 Å². The maximum absolute atomic E-state index is 13.0. The number of primary amides is 1. The molecule has 1 fully saturated rings. The number of nitrogens with one attached hydrogen (secondary N) is 2. The normalized spacial score (nSPS) is 25.0. The minimum Gasteiger partial charge on any atom is -0.480 e. The number of unbranched alkanes of at least 4 members (excludes halogenated alkanes) is 1. The summed E-state index contributed by atoms with van der Waals surface area (Å²) in [6.07, 6.45) is -6.06. The van der Waals surface area contributed by atoms with Crippen LogP contribution in [0.2, 0.25) is 0 Å². The molecule has 0 bridgehead atoms. The maximum atomic E-state index is 13.0. The highest BCUT2D eigenvalue weighted by atomic mass is 16.6. The molecule has 17 nitrogen and oxygen atoms in total.